The number of carbonyl (C=O) groups is 2. The van der Waals surface area contributed by atoms with Gasteiger partial charge in [-0.15, -0.1) is 0 Å². The Bertz CT molecular complexity index is 1040. The van der Waals surface area contributed by atoms with Crippen LogP contribution in [0.15, 0.2) is 40.9 Å². The first-order valence-electron chi connectivity index (χ1n) is 11.6. The van der Waals surface area contributed by atoms with Crippen molar-refractivity contribution in [3.8, 4) is 0 Å². The molecule has 0 amide bonds. The van der Waals surface area contributed by atoms with Crippen LogP contribution in [0.5, 0.6) is 0 Å². The Hall–Kier alpha value is -1.88. The molecule has 2 aromatic carbocycles. The normalized spacial score (nSPS) is 25.2. The van der Waals surface area contributed by atoms with E-state index in [0.717, 1.165) is 46.5 Å². The van der Waals surface area contributed by atoms with Crippen molar-refractivity contribution in [2.24, 2.45) is 23.2 Å². The SMILES string of the molecule is CCC(C)(C)C(=O)OC1CC2CC1CC2C(=O)OC(C)(C)c1ccc2c(Br)cccc2c1. The number of rotatable bonds is 6. The standard InChI is InChI=1S/C27H33BrO4/c1-6-26(2,3)25(30)31-23-15-17-12-18(23)14-21(17)24(29)32-27(4,5)19-10-11-20-16(13-19)8-7-9-22(20)28/h7-11,13,17-18,21,23H,6,12,14-15H2,1-5H3. The maximum atomic E-state index is 13.1. The molecule has 4 rings (SSSR count). The topological polar surface area (TPSA) is 52.6 Å². The van der Waals surface area contributed by atoms with Crippen molar-refractivity contribution in [1.29, 1.82) is 0 Å². The minimum Gasteiger partial charge on any atom is -0.462 e. The van der Waals surface area contributed by atoms with Gasteiger partial charge in [0.15, 0.2) is 0 Å². The molecule has 0 aromatic heterocycles. The lowest BCUT2D eigenvalue weighted by atomic mass is 9.86. The molecule has 0 N–H and O–H groups in total. The fourth-order valence-corrected chi connectivity index (χ4v) is 5.62. The summed E-state index contributed by atoms with van der Waals surface area (Å²) in [5, 5.41) is 2.25. The molecule has 32 heavy (non-hydrogen) atoms. The van der Waals surface area contributed by atoms with E-state index in [1.165, 1.54) is 0 Å². The van der Waals surface area contributed by atoms with E-state index in [1.807, 2.05) is 52.8 Å². The molecule has 4 unspecified atom stereocenters. The monoisotopic (exact) mass is 500 g/mol. The van der Waals surface area contributed by atoms with E-state index >= 15 is 0 Å². The van der Waals surface area contributed by atoms with Crippen molar-refractivity contribution in [2.75, 3.05) is 0 Å². The Labute approximate surface area is 199 Å². The van der Waals surface area contributed by atoms with E-state index in [4.69, 9.17) is 9.47 Å². The maximum Gasteiger partial charge on any atom is 0.311 e. The molecule has 2 aliphatic carbocycles. The fraction of sp³-hybridized carbons (Fsp3) is 0.556. The Balaban J connectivity index is 1.41. The number of carbonyl (C=O) groups excluding carboxylic acids is 2. The van der Waals surface area contributed by atoms with Gasteiger partial charge in [0, 0.05) is 4.47 Å². The van der Waals surface area contributed by atoms with Crippen molar-refractivity contribution in [2.45, 2.75) is 72.0 Å². The van der Waals surface area contributed by atoms with Crippen LogP contribution in [0.25, 0.3) is 10.8 Å². The third-order valence-corrected chi connectivity index (χ3v) is 8.36. The fourth-order valence-electron chi connectivity index (χ4n) is 5.10. The highest BCUT2D eigenvalue weighted by Crippen LogP contribution is 2.51. The average Bonchev–Trinajstić information content (AvgIpc) is 3.34. The van der Waals surface area contributed by atoms with E-state index in [-0.39, 0.29) is 35.8 Å². The van der Waals surface area contributed by atoms with Crippen LogP contribution in [0, 0.1) is 23.2 Å². The highest BCUT2D eigenvalue weighted by molar-refractivity contribution is 9.10. The van der Waals surface area contributed by atoms with Gasteiger partial charge in [0.25, 0.3) is 0 Å². The van der Waals surface area contributed by atoms with Gasteiger partial charge in [-0.05, 0) is 93.7 Å². The van der Waals surface area contributed by atoms with Gasteiger partial charge in [0.2, 0.25) is 0 Å². The summed E-state index contributed by atoms with van der Waals surface area (Å²) in [6.45, 7) is 9.76. The quantitative estimate of drug-likeness (QED) is 0.410. The summed E-state index contributed by atoms with van der Waals surface area (Å²) in [6.07, 6.45) is 3.14. The van der Waals surface area contributed by atoms with Crippen LogP contribution in [-0.2, 0) is 24.7 Å². The van der Waals surface area contributed by atoms with E-state index < -0.39 is 11.0 Å². The molecular weight excluding hydrogens is 468 g/mol. The lowest BCUT2D eigenvalue weighted by molar-refractivity contribution is -0.168. The second kappa shape index (κ2) is 8.48. The van der Waals surface area contributed by atoms with Crippen molar-refractivity contribution in [3.63, 3.8) is 0 Å². The molecule has 0 radical (unpaired) electrons. The second-order valence-corrected chi connectivity index (χ2v) is 11.5. The van der Waals surface area contributed by atoms with Crippen molar-refractivity contribution in [3.05, 3.63) is 46.4 Å². The van der Waals surface area contributed by atoms with Gasteiger partial charge < -0.3 is 9.47 Å². The smallest absolute Gasteiger partial charge is 0.311 e. The third-order valence-electron chi connectivity index (χ3n) is 7.67. The van der Waals surface area contributed by atoms with Crippen molar-refractivity contribution in [1.82, 2.24) is 0 Å². The van der Waals surface area contributed by atoms with E-state index in [0.29, 0.717) is 0 Å². The molecule has 2 saturated carbocycles. The Kier molecular flexibility index (Phi) is 6.17. The number of ether oxygens (including phenoxy) is 2. The zero-order chi connectivity index (χ0) is 23.3. The van der Waals surface area contributed by atoms with Crippen LogP contribution in [-0.4, -0.2) is 18.0 Å². The zero-order valence-corrected chi connectivity index (χ0v) is 21.2. The number of fused-ring (bicyclic) bond motifs is 3. The van der Waals surface area contributed by atoms with Gasteiger partial charge in [-0.25, -0.2) is 0 Å². The van der Waals surface area contributed by atoms with Gasteiger partial charge in [-0.2, -0.15) is 0 Å². The molecule has 5 heteroatoms. The molecule has 2 aliphatic rings. The number of halogens is 1. The van der Waals surface area contributed by atoms with Crippen LogP contribution in [0.3, 0.4) is 0 Å². The van der Waals surface area contributed by atoms with E-state index in [1.54, 1.807) is 0 Å². The summed E-state index contributed by atoms with van der Waals surface area (Å²) < 4.78 is 13.0. The zero-order valence-electron chi connectivity index (χ0n) is 19.6. The number of esters is 2. The summed E-state index contributed by atoms with van der Waals surface area (Å²) in [7, 11) is 0. The Morgan fingerprint density at radius 2 is 1.78 bits per heavy atom. The molecule has 0 aliphatic heterocycles. The molecule has 2 fully saturated rings. The highest BCUT2D eigenvalue weighted by atomic mass is 79.9. The number of benzene rings is 2. The molecule has 4 atom stereocenters. The Morgan fingerprint density at radius 3 is 2.44 bits per heavy atom. The first kappa shape index (κ1) is 23.3. The lowest BCUT2D eigenvalue weighted by Crippen LogP contribution is -2.37. The predicted molar refractivity (Wildman–Crippen MR) is 129 cm³/mol. The summed E-state index contributed by atoms with van der Waals surface area (Å²) in [6, 6.07) is 12.3. The van der Waals surface area contributed by atoms with Crippen LogP contribution >= 0.6 is 15.9 Å². The number of hydrogen-bond donors (Lipinski definition) is 0. The maximum absolute atomic E-state index is 13.1. The van der Waals surface area contributed by atoms with Crippen LogP contribution in [0.1, 0.15) is 65.9 Å². The number of hydrogen-bond acceptors (Lipinski definition) is 4. The van der Waals surface area contributed by atoms with Gasteiger partial charge in [-0.3, -0.25) is 9.59 Å². The molecule has 0 heterocycles. The Morgan fingerprint density at radius 1 is 1.03 bits per heavy atom. The van der Waals surface area contributed by atoms with Crippen LogP contribution in [0.2, 0.25) is 0 Å². The average molecular weight is 501 g/mol. The van der Waals surface area contributed by atoms with E-state index in [2.05, 4.69) is 34.1 Å². The van der Waals surface area contributed by atoms with Gasteiger partial charge in [0.1, 0.15) is 11.7 Å². The van der Waals surface area contributed by atoms with Crippen LogP contribution < -0.4 is 0 Å². The summed E-state index contributed by atoms with van der Waals surface area (Å²) in [5.74, 6) is 0.132. The molecule has 2 aromatic rings. The lowest BCUT2D eigenvalue weighted by Gasteiger charge is -2.32. The first-order chi connectivity index (χ1) is 15.0. The molecule has 4 nitrogen and oxygen atoms in total. The third kappa shape index (κ3) is 4.33. The minimum absolute atomic E-state index is 0.0608. The molecule has 2 bridgehead atoms. The van der Waals surface area contributed by atoms with Gasteiger partial charge in [-0.1, -0.05) is 47.1 Å². The van der Waals surface area contributed by atoms with E-state index in [9.17, 15) is 9.59 Å². The van der Waals surface area contributed by atoms with Crippen molar-refractivity contribution < 1.29 is 19.1 Å². The second-order valence-electron chi connectivity index (χ2n) is 10.6. The molecule has 0 spiro atoms. The van der Waals surface area contributed by atoms with Crippen molar-refractivity contribution >= 4 is 38.6 Å². The predicted octanol–water partition coefficient (Wildman–Crippen LogP) is 6.77. The summed E-state index contributed by atoms with van der Waals surface area (Å²) >= 11 is 3.59. The molecule has 172 valence electrons. The molecular formula is C27H33BrO4. The van der Waals surface area contributed by atoms with Gasteiger partial charge in [0.05, 0.1) is 11.3 Å². The first-order valence-corrected chi connectivity index (χ1v) is 12.4. The van der Waals surface area contributed by atoms with Crippen LogP contribution in [0.4, 0.5) is 0 Å². The largest absolute Gasteiger partial charge is 0.462 e. The summed E-state index contributed by atoms with van der Waals surface area (Å²) in [4.78, 5) is 25.6. The minimum atomic E-state index is -0.716. The highest BCUT2D eigenvalue weighted by Gasteiger charge is 2.52. The molecule has 0 saturated heterocycles. The summed E-state index contributed by atoms with van der Waals surface area (Å²) in [5.41, 5.74) is -0.195. The van der Waals surface area contributed by atoms with Gasteiger partial charge >= 0.3 is 11.9 Å².